The summed E-state index contributed by atoms with van der Waals surface area (Å²) in [5.74, 6) is 1.72. The zero-order valence-corrected chi connectivity index (χ0v) is 12.8. The van der Waals surface area contributed by atoms with Crippen LogP contribution in [0.15, 0.2) is 23.1 Å². The molecule has 0 bridgehead atoms. The zero-order chi connectivity index (χ0) is 13.8. The van der Waals surface area contributed by atoms with Gasteiger partial charge in [0.2, 0.25) is 0 Å². The molecule has 2 atom stereocenters. The van der Waals surface area contributed by atoms with Gasteiger partial charge < -0.3 is 4.90 Å². The van der Waals surface area contributed by atoms with E-state index >= 15 is 0 Å². The van der Waals surface area contributed by atoms with Gasteiger partial charge in [-0.15, -0.1) is 11.8 Å². The van der Waals surface area contributed by atoms with Crippen LogP contribution < -0.4 is 4.90 Å². The van der Waals surface area contributed by atoms with Crippen molar-refractivity contribution in [1.82, 2.24) is 0 Å². The summed E-state index contributed by atoms with van der Waals surface area (Å²) in [5, 5.41) is 9.52. The highest BCUT2D eigenvalue weighted by molar-refractivity contribution is 7.99. The number of benzene rings is 1. The number of rotatable bonds is 3. The smallest absolute Gasteiger partial charge is 0.103 e. The van der Waals surface area contributed by atoms with Gasteiger partial charge in [-0.3, -0.25) is 0 Å². The molecule has 102 valence electrons. The lowest BCUT2D eigenvalue weighted by atomic mass is 9.94. The molecule has 1 aromatic carbocycles. The number of anilines is 1. The fourth-order valence-corrected chi connectivity index (χ4v) is 3.55. The second-order valence-electron chi connectivity index (χ2n) is 5.38. The molecule has 1 aliphatic heterocycles. The Hall–Kier alpha value is -1.14. The molecule has 0 amide bonds. The van der Waals surface area contributed by atoms with Gasteiger partial charge in [0.15, 0.2) is 0 Å². The maximum absolute atomic E-state index is 9.52. The second kappa shape index (κ2) is 6.34. The molecule has 0 N–H and O–H groups in total. The van der Waals surface area contributed by atoms with Crippen LogP contribution in [0.1, 0.15) is 39.2 Å². The van der Waals surface area contributed by atoms with Crippen LogP contribution in [0.25, 0.3) is 0 Å². The Balaban J connectivity index is 2.38. The molecule has 1 saturated heterocycles. The number of piperidine rings is 1. The molecule has 2 rings (SSSR count). The van der Waals surface area contributed by atoms with Crippen LogP contribution in [0, 0.1) is 17.2 Å². The maximum atomic E-state index is 9.52. The van der Waals surface area contributed by atoms with Crippen molar-refractivity contribution >= 4 is 17.4 Å². The molecule has 0 radical (unpaired) electrons. The average molecular weight is 274 g/mol. The number of thioether (sulfide) groups is 1. The van der Waals surface area contributed by atoms with Crippen LogP contribution in [0.3, 0.4) is 0 Å². The minimum Gasteiger partial charge on any atom is -0.367 e. The number of hydrogen-bond donors (Lipinski definition) is 0. The van der Waals surface area contributed by atoms with E-state index in [1.807, 2.05) is 0 Å². The van der Waals surface area contributed by atoms with Gasteiger partial charge in [0.25, 0.3) is 0 Å². The van der Waals surface area contributed by atoms with E-state index in [0.29, 0.717) is 12.0 Å². The monoisotopic (exact) mass is 274 g/mol. The standard InChI is InChI=1S/C16H22N2S/c1-4-19-16-7-5-6-15(14(16)10-17)18-11-12(2)8-9-13(18)3/h5-7,12-13H,4,8-9,11H2,1-3H3. The summed E-state index contributed by atoms with van der Waals surface area (Å²) in [6, 6.07) is 9.20. The Morgan fingerprint density at radius 1 is 1.37 bits per heavy atom. The molecule has 1 fully saturated rings. The molecule has 0 saturated carbocycles. The summed E-state index contributed by atoms with van der Waals surface area (Å²) in [7, 11) is 0. The zero-order valence-electron chi connectivity index (χ0n) is 12.0. The summed E-state index contributed by atoms with van der Waals surface area (Å²) in [5.41, 5.74) is 1.98. The molecule has 0 aromatic heterocycles. The lowest BCUT2D eigenvalue weighted by Gasteiger charge is -2.39. The highest BCUT2D eigenvalue weighted by Gasteiger charge is 2.25. The summed E-state index contributed by atoms with van der Waals surface area (Å²) < 4.78 is 0. The molecule has 1 heterocycles. The van der Waals surface area contributed by atoms with Gasteiger partial charge in [-0.25, -0.2) is 0 Å². The van der Waals surface area contributed by atoms with Gasteiger partial charge in [0.1, 0.15) is 6.07 Å². The Morgan fingerprint density at radius 3 is 2.84 bits per heavy atom. The predicted molar refractivity (Wildman–Crippen MR) is 82.8 cm³/mol. The molecule has 2 unspecified atom stereocenters. The number of nitrogens with zero attached hydrogens (tertiary/aromatic N) is 2. The molecule has 0 spiro atoms. The Morgan fingerprint density at radius 2 is 2.16 bits per heavy atom. The highest BCUT2D eigenvalue weighted by Crippen LogP contribution is 2.34. The van der Waals surface area contributed by atoms with Gasteiger partial charge in [0.05, 0.1) is 11.3 Å². The first-order chi connectivity index (χ1) is 9.17. The fourth-order valence-electron chi connectivity index (χ4n) is 2.77. The van der Waals surface area contributed by atoms with Crippen molar-refractivity contribution in [3.8, 4) is 6.07 Å². The molecular weight excluding hydrogens is 252 g/mol. The van der Waals surface area contributed by atoms with E-state index in [2.05, 4.69) is 49.9 Å². The van der Waals surface area contributed by atoms with E-state index in [1.54, 1.807) is 11.8 Å². The van der Waals surface area contributed by atoms with Crippen molar-refractivity contribution < 1.29 is 0 Å². The first kappa shape index (κ1) is 14.3. The topological polar surface area (TPSA) is 27.0 Å². The minimum atomic E-state index is 0.533. The molecular formula is C16H22N2S. The lowest BCUT2D eigenvalue weighted by Crippen LogP contribution is -2.41. The second-order valence-corrected chi connectivity index (χ2v) is 6.68. The van der Waals surface area contributed by atoms with Crippen LogP contribution in [0.2, 0.25) is 0 Å². The first-order valence-electron chi connectivity index (χ1n) is 7.10. The number of nitriles is 1. The third-order valence-electron chi connectivity index (χ3n) is 3.84. The van der Waals surface area contributed by atoms with Crippen molar-refractivity contribution in [3.63, 3.8) is 0 Å². The maximum Gasteiger partial charge on any atom is 0.103 e. The van der Waals surface area contributed by atoms with E-state index in [1.165, 1.54) is 12.8 Å². The van der Waals surface area contributed by atoms with Crippen molar-refractivity contribution in [1.29, 1.82) is 5.26 Å². The summed E-state index contributed by atoms with van der Waals surface area (Å²) in [6.07, 6.45) is 2.51. The van der Waals surface area contributed by atoms with Crippen LogP contribution >= 0.6 is 11.8 Å². The highest BCUT2D eigenvalue weighted by atomic mass is 32.2. The molecule has 19 heavy (non-hydrogen) atoms. The van der Waals surface area contributed by atoms with Gasteiger partial charge in [-0.05, 0) is 43.6 Å². The van der Waals surface area contributed by atoms with Crippen LogP contribution in [0.5, 0.6) is 0 Å². The Bertz CT molecular complexity index is 478. The number of hydrogen-bond acceptors (Lipinski definition) is 3. The third kappa shape index (κ3) is 3.06. The van der Waals surface area contributed by atoms with Crippen molar-refractivity contribution in [2.24, 2.45) is 5.92 Å². The molecule has 1 aliphatic rings. The van der Waals surface area contributed by atoms with Crippen LogP contribution in [-0.4, -0.2) is 18.3 Å². The molecule has 2 nitrogen and oxygen atoms in total. The minimum absolute atomic E-state index is 0.533. The van der Waals surface area contributed by atoms with E-state index in [9.17, 15) is 5.26 Å². The van der Waals surface area contributed by atoms with Gasteiger partial charge in [0, 0.05) is 17.5 Å². The van der Waals surface area contributed by atoms with Gasteiger partial charge in [-0.1, -0.05) is 19.9 Å². The van der Waals surface area contributed by atoms with Gasteiger partial charge >= 0.3 is 0 Å². The third-order valence-corrected chi connectivity index (χ3v) is 4.78. The average Bonchev–Trinajstić information content (AvgIpc) is 2.41. The Kier molecular flexibility index (Phi) is 4.76. The summed E-state index contributed by atoms with van der Waals surface area (Å²) in [4.78, 5) is 3.54. The lowest BCUT2D eigenvalue weighted by molar-refractivity contribution is 0.390. The van der Waals surface area contributed by atoms with Crippen LogP contribution in [-0.2, 0) is 0 Å². The quantitative estimate of drug-likeness (QED) is 0.769. The largest absolute Gasteiger partial charge is 0.367 e. The normalized spacial score (nSPS) is 23.2. The van der Waals surface area contributed by atoms with E-state index in [-0.39, 0.29) is 0 Å². The van der Waals surface area contributed by atoms with E-state index < -0.39 is 0 Å². The molecule has 3 heteroatoms. The Labute approximate surface area is 120 Å². The van der Waals surface area contributed by atoms with Crippen molar-refractivity contribution in [2.75, 3.05) is 17.2 Å². The summed E-state index contributed by atoms with van der Waals surface area (Å²) in [6.45, 7) is 7.77. The van der Waals surface area contributed by atoms with E-state index in [0.717, 1.165) is 28.4 Å². The van der Waals surface area contributed by atoms with E-state index in [4.69, 9.17) is 0 Å². The molecule has 0 aliphatic carbocycles. The molecule has 1 aromatic rings. The van der Waals surface area contributed by atoms with Crippen molar-refractivity contribution in [2.45, 2.75) is 44.6 Å². The SMILES string of the molecule is CCSc1cccc(N2CC(C)CCC2C)c1C#N. The fraction of sp³-hybridized carbons (Fsp3) is 0.562. The van der Waals surface area contributed by atoms with Crippen molar-refractivity contribution in [3.05, 3.63) is 23.8 Å². The van der Waals surface area contributed by atoms with Crippen LogP contribution in [0.4, 0.5) is 5.69 Å². The predicted octanol–water partition coefficient (Wildman–Crippen LogP) is 4.30. The summed E-state index contributed by atoms with van der Waals surface area (Å²) >= 11 is 1.76. The van der Waals surface area contributed by atoms with Gasteiger partial charge in [-0.2, -0.15) is 5.26 Å². The first-order valence-corrected chi connectivity index (χ1v) is 8.08.